The zero-order valence-electron chi connectivity index (χ0n) is 12.4. The van der Waals surface area contributed by atoms with E-state index in [1.54, 1.807) is 32.4 Å². The van der Waals surface area contributed by atoms with Crippen molar-refractivity contribution in [2.45, 2.75) is 5.16 Å². The predicted molar refractivity (Wildman–Crippen MR) is 81.5 cm³/mol. The first kappa shape index (κ1) is 16.0. The number of hydrogen-bond donors (Lipinski definition) is 1. The SMILES string of the molecule is COC(=O)CSc1nnc(-c2ccc(OC)c(OC)c2)n1N. The lowest BCUT2D eigenvalue weighted by Gasteiger charge is -2.09. The topological polar surface area (TPSA) is 101 Å². The lowest BCUT2D eigenvalue weighted by Crippen LogP contribution is -2.13. The number of esters is 1. The number of ether oxygens (including phenoxy) is 3. The highest BCUT2D eigenvalue weighted by molar-refractivity contribution is 7.99. The highest BCUT2D eigenvalue weighted by Gasteiger charge is 2.15. The Hall–Kier alpha value is -2.42. The van der Waals surface area contributed by atoms with E-state index in [-0.39, 0.29) is 11.7 Å². The van der Waals surface area contributed by atoms with Crippen molar-refractivity contribution in [1.29, 1.82) is 0 Å². The van der Waals surface area contributed by atoms with Gasteiger partial charge in [-0.15, -0.1) is 10.2 Å². The summed E-state index contributed by atoms with van der Waals surface area (Å²) in [5.41, 5.74) is 0.720. The van der Waals surface area contributed by atoms with Crippen molar-refractivity contribution >= 4 is 17.7 Å². The summed E-state index contributed by atoms with van der Waals surface area (Å²) in [6.07, 6.45) is 0. The number of nitrogen functional groups attached to an aromatic ring is 1. The quantitative estimate of drug-likeness (QED) is 0.476. The van der Waals surface area contributed by atoms with E-state index < -0.39 is 0 Å². The standard InChI is InChI=1S/C13H16N4O4S/c1-19-9-5-4-8(6-10(9)20-2)12-15-16-13(17(12)14)22-7-11(18)21-3/h4-6H,7,14H2,1-3H3. The first-order chi connectivity index (χ1) is 10.6. The summed E-state index contributed by atoms with van der Waals surface area (Å²) in [6.45, 7) is 0. The van der Waals surface area contributed by atoms with E-state index in [9.17, 15) is 4.79 Å². The first-order valence-electron chi connectivity index (χ1n) is 6.23. The number of nitrogens with zero attached hydrogens (tertiary/aromatic N) is 3. The Labute approximate surface area is 131 Å². The van der Waals surface area contributed by atoms with E-state index in [1.807, 2.05) is 0 Å². The monoisotopic (exact) mass is 324 g/mol. The molecule has 0 spiro atoms. The molecule has 118 valence electrons. The second kappa shape index (κ2) is 7.03. The van der Waals surface area contributed by atoms with Crippen LogP contribution in [0, 0.1) is 0 Å². The molecule has 0 radical (unpaired) electrons. The Kier molecular flexibility index (Phi) is 5.10. The van der Waals surface area contributed by atoms with Gasteiger partial charge in [0, 0.05) is 5.56 Å². The third-order valence-electron chi connectivity index (χ3n) is 2.85. The minimum atomic E-state index is -0.360. The minimum Gasteiger partial charge on any atom is -0.493 e. The molecule has 2 rings (SSSR count). The van der Waals surface area contributed by atoms with Gasteiger partial charge in [-0.3, -0.25) is 4.79 Å². The zero-order valence-corrected chi connectivity index (χ0v) is 13.2. The number of hydrogen-bond acceptors (Lipinski definition) is 8. The predicted octanol–water partition coefficient (Wildman–Crippen LogP) is 0.941. The molecule has 0 saturated heterocycles. The van der Waals surface area contributed by atoms with Crippen LogP contribution in [0.5, 0.6) is 11.5 Å². The summed E-state index contributed by atoms with van der Waals surface area (Å²) < 4.78 is 16.3. The molecule has 8 nitrogen and oxygen atoms in total. The van der Waals surface area contributed by atoms with Crippen molar-refractivity contribution in [3.63, 3.8) is 0 Å². The highest BCUT2D eigenvalue weighted by atomic mass is 32.2. The van der Waals surface area contributed by atoms with E-state index >= 15 is 0 Å². The van der Waals surface area contributed by atoms with Gasteiger partial charge in [-0.25, -0.2) is 4.68 Å². The molecule has 0 unspecified atom stereocenters. The van der Waals surface area contributed by atoms with Crippen molar-refractivity contribution < 1.29 is 19.0 Å². The molecule has 0 bridgehead atoms. The lowest BCUT2D eigenvalue weighted by molar-refractivity contribution is -0.137. The molecule has 0 aliphatic heterocycles. The summed E-state index contributed by atoms with van der Waals surface area (Å²) in [5.74, 6) is 7.34. The number of benzene rings is 1. The van der Waals surface area contributed by atoms with Crippen molar-refractivity contribution in [2.24, 2.45) is 0 Å². The van der Waals surface area contributed by atoms with E-state index in [0.717, 1.165) is 17.3 Å². The van der Waals surface area contributed by atoms with Crippen LogP contribution in [-0.4, -0.2) is 47.9 Å². The van der Waals surface area contributed by atoms with Crippen LogP contribution in [0.1, 0.15) is 0 Å². The fourth-order valence-corrected chi connectivity index (χ4v) is 2.42. The van der Waals surface area contributed by atoms with Crippen molar-refractivity contribution in [3.05, 3.63) is 18.2 Å². The van der Waals surface area contributed by atoms with Crippen LogP contribution < -0.4 is 15.3 Å². The van der Waals surface area contributed by atoms with Crippen LogP contribution in [0.15, 0.2) is 23.4 Å². The van der Waals surface area contributed by atoms with Gasteiger partial charge in [0.05, 0.1) is 27.1 Å². The molecule has 9 heteroatoms. The van der Waals surface area contributed by atoms with Gasteiger partial charge in [0.25, 0.3) is 0 Å². The van der Waals surface area contributed by atoms with Gasteiger partial charge in [0.2, 0.25) is 5.16 Å². The first-order valence-corrected chi connectivity index (χ1v) is 7.21. The Morgan fingerprint density at radius 2 is 1.95 bits per heavy atom. The maximum Gasteiger partial charge on any atom is 0.316 e. The van der Waals surface area contributed by atoms with Gasteiger partial charge in [-0.2, -0.15) is 0 Å². The molecule has 0 atom stereocenters. The van der Waals surface area contributed by atoms with Gasteiger partial charge in [-0.05, 0) is 18.2 Å². The van der Waals surface area contributed by atoms with Crippen LogP contribution in [0.4, 0.5) is 0 Å². The highest BCUT2D eigenvalue weighted by Crippen LogP contribution is 2.32. The van der Waals surface area contributed by atoms with E-state index in [0.29, 0.717) is 22.5 Å². The van der Waals surface area contributed by atoms with Crippen LogP contribution in [0.2, 0.25) is 0 Å². The number of aromatic nitrogens is 3. The van der Waals surface area contributed by atoms with Crippen LogP contribution in [0.3, 0.4) is 0 Å². The van der Waals surface area contributed by atoms with E-state index in [4.69, 9.17) is 15.3 Å². The molecule has 0 amide bonds. The van der Waals surface area contributed by atoms with Crippen molar-refractivity contribution in [3.8, 4) is 22.9 Å². The molecular weight excluding hydrogens is 308 g/mol. The van der Waals surface area contributed by atoms with Gasteiger partial charge in [0.1, 0.15) is 0 Å². The average molecular weight is 324 g/mol. The molecular formula is C13H16N4O4S. The summed E-state index contributed by atoms with van der Waals surface area (Å²) in [6, 6.07) is 5.30. The Balaban J connectivity index is 2.26. The Bertz CT molecular complexity index is 674. The number of carbonyl (C=O) groups is 1. The van der Waals surface area contributed by atoms with Crippen molar-refractivity contribution in [1.82, 2.24) is 14.9 Å². The minimum absolute atomic E-state index is 0.109. The third kappa shape index (κ3) is 3.25. The number of nitrogens with two attached hydrogens (primary N) is 1. The van der Waals surface area contributed by atoms with Gasteiger partial charge < -0.3 is 20.1 Å². The Morgan fingerprint density at radius 3 is 2.59 bits per heavy atom. The van der Waals surface area contributed by atoms with Gasteiger partial charge in [-0.1, -0.05) is 11.8 Å². The number of rotatable bonds is 6. The maximum atomic E-state index is 11.2. The zero-order chi connectivity index (χ0) is 16.1. The largest absolute Gasteiger partial charge is 0.493 e. The fourth-order valence-electron chi connectivity index (χ4n) is 1.73. The molecule has 2 N–H and O–H groups in total. The van der Waals surface area contributed by atoms with Gasteiger partial charge in [0.15, 0.2) is 17.3 Å². The number of thioether (sulfide) groups is 1. The molecule has 1 aromatic carbocycles. The van der Waals surface area contributed by atoms with Crippen LogP contribution in [-0.2, 0) is 9.53 Å². The average Bonchev–Trinajstić information content (AvgIpc) is 2.92. The lowest BCUT2D eigenvalue weighted by atomic mass is 10.2. The van der Waals surface area contributed by atoms with E-state index in [2.05, 4.69) is 14.9 Å². The molecule has 22 heavy (non-hydrogen) atoms. The van der Waals surface area contributed by atoms with Crippen LogP contribution >= 0.6 is 11.8 Å². The fraction of sp³-hybridized carbons (Fsp3) is 0.308. The van der Waals surface area contributed by atoms with Crippen LogP contribution in [0.25, 0.3) is 11.4 Å². The molecule has 0 aliphatic rings. The van der Waals surface area contributed by atoms with Crippen molar-refractivity contribution in [2.75, 3.05) is 32.9 Å². The number of carbonyl (C=O) groups excluding carboxylic acids is 1. The second-order valence-corrected chi connectivity index (χ2v) is 5.05. The normalized spacial score (nSPS) is 10.3. The molecule has 2 aromatic rings. The summed E-state index contributed by atoms with van der Waals surface area (Å²) in [5, 5.41) is 8.42. The maximum absolute atomic E-state index is 11.2. The molecule has 0 saturated carbocycles. The molecule has 0 aliphatic carbocycles. The van der Waals surface area contributed by atoms with Gasteiger partial charge >= 0.3 is 5.97 Å². The summed E-state index contributed by atoms with van der Waals surface area (Å²) in [4.78, 5) is 11.2. The number of methoxy groups -OCH3 is 3. The summed E-state index contributed by atoms with van der Waals surface area (Å²) >= 11 is 1.15. The summed E-state index contributed by atoms with van der Waals surface area (Å²) in [7, 11) is 4.43. The Morgan fingerprint density at radius 1 is 1.23 bits per heavy atom. The van der Waals surface area contributed by atoms with E-state index in [1.165, 1.54) is 11.8 Å². The molecule has 0 fully saturated rings. The smallest absolute Gasteiger partial charge is 0.316 e. The molecule has 1 aromatic heterocycles. The second-order valence-electron chi connectivity index (χ2n) is 4.11. The molecule has 1 heterocycles. The third-order valence-corrected chi connectivity index (χ3v) is 3.77.